The smallest absolute Gasteiger partial charge is 0.257 e. The van der Waals surface area contributed by atoms with Crippen molar-refractivity contribution in [3.05, 3.63) is 93.7 Å². The Bertz CT molecular complexity index is 1060. The standard InChI is InChI=1S/C21H15ClN2O2S/c22-17-6-3-4-14(10-17)11-18-13-23-21(27-18)24-20(25)16-8-9-26-19-7-2-1-5-15(19)12-16/h1-10,12-13H,11H2,(H,23,24,25). The van der Waals surface area contributed by atoms with Crippen LogP contribution < -0.4 is 10.1 Å². The lowest BCUT2D eigenvalue weighted by Crippen LogP contribution is -2.12. The molecule has 1 aromatic heterocycles. The van der Waals surface area contributed by atoms with Gasteiger partial charge >= 0.3 is 0 Å². The predicted molar refractivity (Wildman–Crippen MR) is 109 cm³/mol. The Morgan fingerprint density at radius 2 is 2.07 bits per heavy atom. The van der Waals surface area contributed by atoms with Crippen molar-refractivity contribution in [3.8, 4) is 5.75 Å². The molecule has 0 unspecified atom stereocenters. The summed E-state index contributed by atoms with van der Waals surface area (Å²) in [5.41, 5.74) is 2.46. The van der Waals surface area contributed by atoms with Crippen molar-refractivity contribution in [1.82, 2.24) is 4.98 Å². The number of benzene rings is 2. The van der Waals surface area contributed by atoms with E-state index in [9.17, 15) is 4.79 Å². The van der Waals surface area contributed by atoms with Crippen LogP contribution in [0.3, 0.4) is 0 Å². The molecule has 4 nitrogen and oxygen atoms in total. The second-order valence-electron chi connectivity index (χ2n) is 5.95. The van der Waals surface area contributed by atoms with Gasteiger partial charge in [0, 0.05) is 33.7 Å². The number of aromatic nitrogens is 1. The van der Waals surface area contributed by atoms with E-state index in [0.29, 0.717) is 15.7 Å². The lowest BCUT2D eigenvalue weighted by molar-refractivity contribution is -0.112. The second kappa shape index (κ2) is 7.78. The molecule has 0 radical (unpaired) electrons. The number of anilines is 1. The van der Waals surface area contributed by atoms with Crippen molar-refractivity contribution in [2.75, 3.05) is 5.32 Å². The van der Waals surface area contributed by atoms with Gasteiger partial charge in [-0.3, -0.25) is 10.1 Å². The van der Waals surface area contributed by atoms with E-state index >= 15 is 0 Å². The number of amides is 1. The summed E-state index contributed by atoms with van der Waals surface area (Å²) in [5.74, 6) is 0.491. The summed E-state index contributed by atoms with van der Waals surface area (Å²) in [4.78, 5) is 18.0. The molecule has 6 heteroatoms. The van der Waals surface area contributed by atoms with Crippen LogP contribution in [0.2, 0.25) is 5.02 Å². The van der Waals surface area contributed by atoms with Crippen molar-refractivity contribution in [2.24, 2.45) is 0 Å². The third kappa shape index (κ3) is 4.27. The van der Waals surface area contributed by atoms with Crippen molar-refractivity contribution in [1.29, 1.82) is 0 Å². The molecular formula is C21H15ClN2O2S. The number of hydrogen-bond acceptors (Lipinski definition) is 4. The molecule has 134 valence electrons. The van der Waals surface area contributed by atoms with E-state index in [1.807, 2.05) is 48.5 Å². The first-order valence-electron chi connectivity index (χ1n) is 8.32. The molecule has 0 spiro atoms. The highest BCUT2D eigenvalue weighted by molar-refractivity contribution is 7.15. The normalized spacial score (nSPS) is 12.6. The fourth-order valence-electron chi connectivity index (χ4n) is 2.71. The monoisotopic (exact) mass is 394 g/mol. The molecular weight excluding hydrogens is 380 g/mol. The fourth-order valence-corrected chi connectivity index (χ4v) is 3.76. The Labute approximate surface area is 165 Å². The highest BCUT2D eigenvalue weighted by Gasteiger charge is 2.13. The Hall–Kier alpha value is -2.89. The highest BCUT2D eigenvalue weighted by Crippen LogP contribution is 2.26. The zero-order valence-corrected chi connectivity index (χ0v) is 15.8. The summed E-state index contributed by atoms with van der Waals surface area (Å²) in [5, 5.41) is 4.12. The molecule has 1 aliphatic heterocycles. The number of hydrogen-bond donors (Lipinski definition) is 1. The first-order chi connectivity index (χ1) is 13.2. The largest absolute Gasteiger partial charge is 0.464 e. The predicted octanol–water partition coefficient (Wildman–Crippen LogP) is 5.32. The van der Waals surface area contributed by atoms with Crippen LogP contribution in [0.4, 0.5) is 5.13 Å². The van der Waals surface area contributed by atoms with Gasteiger partial charge in [-0.25, -0.2) is 4.98 Å². The maximum atomic E-state index is 12.6. The molecule has 2 heterocycles. The molecule has 0 bridgehead atoms. The highest BCUT2D eigenvalue weighted by atomic mass is 35.5. The van der Waals surface area contributed by atoms with Crippen LogP contribution >= 0.6 is 22.9 Å². The van der Waals surface area contributed by atoms with E-state index in [0.717, 1.165) is 28.2 Å². The van der Waals surface area contributed by atoms with E-state index < -0.39 is 0 Å². The number of nitrogens with one attached hydrogen (secondary N) is 1. The molecule has 0 aliphatic carbocycles. The molecule has 1 amide bonds. The van der Waals surface area contributed by atoms with E-state index in [-0.39, 0.29) is 5.91 Å². The molecule has 3 aromatic rings. The van der Waals surface area contributed by atoms with Crippen LogP contribution in [0.25, 0.3) is 6.08 Å². The van der Waals surface area contributed by atoms with E-state index in [2.05, 4.69) is 10.3 Å². The number of ether oxygens (including phenoxy) is 1. The minimum absolute atomic E-state index is 0.227. The van der Waals surface area contributed by atoms with E-state index in [1.165, 1.54) is 17.6 Å². The minimum Gasteiger partial charge on any atom is -0.464 e. The molecule has 1 N–H and O–H groups in total. The van der Waals surface area contributed by atoms with Crippen LogP contribution in [0.15, 0.2) is 72.6 Å². The number of nitrogens with zero attached hydrogens (tertiary/aromatic N) is 1. The van der Waals surface area contributed by atoms with Gasteiger partial charge in [-0.1, -0.05) is 41.9 Å². The topological polar surface area (TPSA) is 51.2 Å². The fraction of sp³-hybridized carbons (Fsp3) is 0.0476. The number of thiazole rings is 1. The first kappa shape index (κ1) is 17.5. The molecule has 27 heavy (non-hydrogen) atoms. The summed E-state index contributed by atoms with van der Waals surface area (Å²) in [6.07, 6.45) is 7.46. The van der Waals surface area contributed by atoms with Gasteiger partial charge in [-0.2, -0.15) is 0 Å². The number of carbonyl (C=O) groups excluding carboxylic acids is 1. The molecule has 4 rings (SSSR count). The summed E-state index contributed by atoms with van der Waals surface area (Å²) >= 11 is 7.48. The third-order valence-corrected chi connectivity index (χ3v) is 5.12. The molecule has 0 saturated carbocycles. The summed E-state index contributed by atoms with van der Waals surface area (Å²) < 4.78 is 5.52. The molecule has 2 aromatic carbocycles. The average molecular weight is 395 g/mol. The lowest BCUT2D eigenvalue weighted by Gasteiger charge is -2.03. The van der Waals surface area contributed by atoms with Crippen LogP contribution in [-0.4, -0.2) is 10.9 Å². The van der Waals surface area contributed by atoms with Gasteiger partial charge in [0.15, 0.2) is 5.13 Å². The van der Waals surface area contributed by atoms with Crippen molar-refractivity contribution in [2.45, 2.75) is 6.42 Å². The maximum Gasteiger partial charge on any atom is 0.257 e. The van der Waals surface area contributed by atoms with Gasteiger partial charge < -0.3 is 4.74 Å². The van der Waals surface area contributed by atoms with Crippen molar-refractivity contribution < 1.29 is 9.53 Å². The second-order valence-corrected chi connectivity index (χ2v) is 7.50. The van der Waals surface area contributed by atoms with E-state index in [4.69, 9.17) is 16.3 Å². The van der Waals surface area contributed by atoms with Gasteiger partial charge in [0.1, 0.15) is 5.75 Å². The number of rotatable bonds is 4. The summed E-state index contributed by atoms with van der Waals surface area (Å²) in [7, 11) is 0. The maximum absolute atomic E-state index is 12.6. The Morgan fingerprint density at radius 1 is 1.19 bits per heavy atom. The van der Waals surface area contributed by atoms with Crippen LogP contribution in [0.5, 0.6) is 5.75 Å². The summed E-state index contributed by atoms with van der Waals surface area (Å²) in [6.45, 7) is 0. The number of fused-ring (bicyclic) bond motifs is 1. The van der Waals surface area contributed by atoms with Crippen LogP contribution in [0, 0.1) is 0 Å². The van der Waals surface area contributed by atoms with Crippen LogP contribution in [-0.2, 0) is 11.2 Å². The number of halogens is 1. The Kier molecular flexibility index (Phi) is 5.05. The zero-order valence-electron chi connectivity index (χ0n) is 14.2. The zero-order chi connectivity index (χ0) is 18.6. The van der Waals surface area contributed by atoms with Gasteiger partial charge in [-0.05, 0) is 35.9 Å². The molecule has 0 saturated heterocycles. The molecule has 1 aliphatic rings. The minimum atomic E-state index is -0.227. The number of carbonyl (C=O) groups is 1. The van der Waals surface area contributed by atoms with E-state index in [1.54, 1.807) is 18.3 Å². The first-order valence-corrected chi connectivity index (χ1v) is 9.51. The Morgan fingerprint density at radius 3 is 2.96 bits per heavy atom. The van der Waals surface area contributed by atoms with Crippen LogP contribution in [0.1, 0.15) is 16.0 Å². The molecule has 0 fully saturated rings. The average Bonchev–Trinajstić information content (AvgIpc) is 2.97. The van der Waals surface area contributed by atoms with Crippen molar-refractivity contribution >= 4 is 40.1 Å². The quantitative estimate of drug-likeness (QED) is 0.651. The van der Waals surface area contributed by atoms with Gasteiger partial charge in [0.2, 0.25) is 0 Å². The van der Waals surface area contributed by atoms with Gasteiger partial charge in [0.25, 0.3) is 5.91 Å². The molecule has 0 atom stereocenters. The number of para-hydroxylation sites is 1. The Balaban J connectivity index is 1.47. The summed E-state index contributed by atoms with van der Waals surface area (Å²) in [6, 6.07) is 15.3. The van der Waals surface area contributed by atoms with Gasteiger partial charge in [-0.15, -0.1) is 11.3 Å². The SMILES string of the molecule is O=C(Nc1ncc(Cc2cccc(Cl)c2)s1)C1=Cc2ccccc2OC=C1. The third-order valence-electron chi connectivity index (χ3n) is 3.98. The lowest BCUT2D eigenvalue weighted by atomic mass is 10.1. The van der Waals surface area contributed by atoms with Gasteiger partial charge in [0.05, 0.1) is 6.26 Å². The van der Waals surface area contributed by atoms with Crippen molar-refractivity contribution in [3.63, 3.8) is 0 Å².